The number of amides is 1. The van der Waals surface area contributed by atoms with Crippen LogP contribution in [0.15, 0.2) is 59.4 Å². The maximum atomic E-state index is 13.3. The second-order valence-corrected chi connectivity index (χ2v) is 11.8. The van der Waals surface area contributed by atoms with Gasteiger partial charge in [-0.05, 0) is 92.3 Å². The Kier molecular flexibility index (Phi) is 4.67. The number of phenolic OH excluding ortho intramolecular Hbond substituents is 1. The number of piperidine rings is 1. The van der Waals surface area contributed by atoms with E-state index in [9.17, 15) is 9.90 Å². The fourth-order valence-corrected chi connectivity index (χ4v) is 8.23. The van der Waals surface area contributed by atoms with E-state index >= 15 is 0 Å². The van der Waals surface area contributed by atoms with Crippen LogP contribution in [0.2, 0.25) is 0 Å². The summed E-state index contributed by atoms with van der Waals surface area (Å²) in [6.07, 6.45) is 18.7. The Bertz CT molecular complexity index is 1210. The lowest BCUT2D eigenvalue weighted by Crippen LogP contribution is -2.68. The van der Waals surface area contributed by atoms with Gasteiger partial charge in [0.25, 0.3) is 0 Å². The van der Waals surface area contributed by atoms with E-state index in [4.69, 9.17) is 4.42 Å². The highest BCUT2D eigenvalue weighted by Crippen LogP contribution is 2.68. The lowest BCUT2D eigenvalue weighted by molar-refractivity contribution is -0.135. The minimum Gasteiger partial charge on any atom is -0.508 e. The Morgan fingerprint density at radius 1 is 1.26 bits per heavy atom. The molecule has 35 heavy (non-hydrogen) atoms. The Balaban J connectivity index is 1.27. The Labute approximate surface area is 207 Å². The molecule has 5 aliphatic rings. The predicted molar refractivity (Wildman–Crippen MR) is 135 cm³/mol. The van der Waals surface area contributed by atoms with Crippen molar-refractivity contribution in [2.24, 2.45) is 17.3 Å². The molecule has 2 heterocycles. The quantitative estimate of drug-likeness (QED) is 0.505. The molecule has 1 aliphatic heterocycles. The number of likely N-dealkylation sites (N-methyl/N-ethyl adjacent to an activating group) is 1. The summed E-state index contributed by atoms with van der Waals surface area (Å²) in [5.74, 6) is 1.64. The first-order valence-corrected chi connectivity index (χ1v) is 13.2. The van der Waals surface area contributed by atoms with Crippen molar-refractivity contribution in [1.29, 1.82) is 0 Å². The molecule has 5 nitrogen and oxygen atoms in total. The SMILES string of the molecule is CN(C(=O)/C=C/c1ccoc1)[C@H]1C[C@@]23CCN(CC4CC4)[C@H]4C=C[C@@H]1C[C@]42Cc1ccc(O)cc13. The number of aromatic hydroxyl groups is 1. The monoisotopic (exact) mass is 470 g/mol. The summed E-state index contributed by atoms with van der Waals surface area (Å²) in [6, 6.07) is 8.53. The van der Waals surface area contributed by atoms with E-state index in [-0.39, 0.29) is 22.8 Å². The van der Waals surface area contributed by atoms with Crippen molar-refractivity contribution in [2.75, 3.05) is 20.1 Å². The third kappa shape index (κ3) is 3.13. The number of fused-ring (bicyclic) bond motifs is 2. The van der Waals surface area contributed by atoms with E-state index in [2.05, 4.69) is 23.1 Å². The number of carbonyl (C=O) groups is 1. The van der Waals surface area contributed by atoms with Crippen LogP contribution >= 0.6 is 0 Å². The third-order valence-electron chi connectivity index (χ3n) is 10.0. The van der Waals surface area contributed by atoms with Gasteiger partial charge in [-0.15, -0.1) is 0 Å². The normalized spacial score (nSPS) is 35.2. The maximum absolute atomic E-state index is 13.3. The summed E-state index contributed by atoms with van der Waals surface area (Å²) in [4.78, 5) is 18.0. The van der Waals surface area contributed by atoms with E-state index in [0.717, 1.165) is 43.7 Å². The number of rotatable bonds is 5. The van der Waals surface area contributed by atoms with Crippen molar-refractivity contribution in [3.8, 4) is 5.75 Å². The average Bonchev–Trinajstić information content (AvgIpc) is 3.43. The molecule has 5 atom stereocenters. The molecule has 0 radical (unpaired) electrons. The molecule has 2 aromatic rings. The van der Waals surface area contributed by atoms with Crippen LogP contribution in [0.25, 0.3) is 6.08 Å². The number of nitrogens with zero attached hydrogens (tertiary/aromatic N) is 2. The topological polar surface area (TPSA) is 56.9 Å². The second kappa shape index (κ2) is 7.60. The zero-order valence-electron chi connectivity index (χ0n) is 20.4. The molecule has 4 aliphatic carbocycles. The van der Waals surface area contributed by atoms with Gasteiger partial charge in [-0.1, -0.05) is 18.2 Å². The molecular formula is C30H34N2O3. The lowest BCUT2D eigenvalue weighted by Gasteiger charge is -2.65. The summed E-state index contributed by atoms with van der Waals surface area (Å²) in [5, 5.41) is 10.5. The number of hydrogen-bond acceptors (Lipinski definition) is 4. The third-order valence-corrected chi connectivity index (χ3v) is 10.0. The van der Waals surface area contributed by atoms with Crippen molar-refractivity contribution in [3.05, 3.63) is 71.7 Å². The minimum absolute atomic E-state index is 0.000526. The molecule has 1 N–H and O–H groups in total. The van der Waals surface area contributed by atoms with Crippen LogP contribution in [0.3, 0.4) is 0 Å². The first-order valence-electron chi connectivity index (χ1n) is 13.2. The summed E-state index contributed by atoms with van der Waals surface area (Å²) in [7, 11) is 1.97. The number of hydrogen-bond donors (Lipinski definition) is 1. The van der Waals surface area contributed by atoms with Crippen molar-refractivity contribution < 1.29 is 14.3 Å². The zero-order chi connectivity index (χ0) is 23.8. The fourth-order valence-electron chi connectivity index (χ4n) is 8.23. The highest BCUT2D eigenvalue weighted by Gasteiger charge is 2.68. The molecule has 1 amide bonds. The number of carbonyl (C=O) groups excluding carboxylic acids is 1. The molecule has 5 heteroatoms. The standard InChI is InChI=1S/C30H34N2O3/c1-31(28(34)9-4-21-10-13-35-19-21)26-17-29-11-12-32(18-20-2-3-20)27-8-6-23(26)16-30(27,29)15-22-5-7-24(33)14-25(22)29/h4-10,13-14,19-20,23,26-27,33H,2-3,11-12,15-18H2,1H3/b9-4+/t23-,26+,27+,29-,30-/m1/s1. The largest absolute Gasteiger partial charge is 0.508 e. The minimum atomic E-state index is 0.000526. The first kappa shape index (κ1) is 21.5. The van der Waals surface area contributed by atoms with Crippen LogP contribution < -0.4 is 0 Å². The van der Waals surface area contributed by atoms with E-state index < -0.39 is 0 Å². The van der Waals surface area contributed by atoms with Crippen LogP contribution in [-0.2, 0) is 16.6 Å². The maximum Gasteiger partial charge on any atom is 0.246 e. The molecule has 1 aromatic heterocycles. The van der Waals surface area contributed by atoms with Gasteiger partial charge in [0, 0.05) is 48.1 Å². The molecule has 2 saturated carbocycles. The van der Waals surface area contributed by atoms with E-state index in [1.807, 2.05) is 36.2 Å². The second-order valence-electron chi connectivity index (χ2n) is 11.8. The first-order chi connectivity index (χ1) is 17.0. The van der Waals surface area contributed by atoms with Gasteiger partial charge in [-0.3, -0.25) is 9.69 Å². The summed E-state index contributed by atoms with van der Waals surface area (Å²) in [6.45, 7) is 2.32. The van der Waals surface area contributed by atoms with Gasteiger partial charge >= 0.3 is 0 Å². The van der Waals surface area contributed by atoms with Gasteiger partial charge in [0.15, 0.2) is 0 Å². The summed E-state index contributed by atoms with van der Waals surface area (Å²) < 4.78 is 5.14. The highest BCUT2D eigenvalue weighted by molar-refractivity contribution is 5.91. The number of benzene rings is 1. The molecule has 0 unspecified atom stereocenters. The predicted octanol–water partition coefficient (Wildman–Crippen LogP) is 4.77. The lowest BCUT2D eigenvalue weighted by atomic mass is 9.45. The number of phenols is 1. The zero-order valence-corrected chi connectivity index (χ0v) is 20.4. The number of likely N-dealkylation sites (tertiary alicyclic amines) is 1. The molecule has 3 fully saturated rings. The van der Waals surface area contributed by atoms with Crippen LogP contribution in [-0.4, -0.2) is 53.0 Å². The van der Waals surface area contributed by atoms with Crippen LogP contribution in [0.5, 0.6) is 5.75 Å². The number of furan rings is 1. The highest BCUT2D eigenvalue weighted by atomic mass is 16.3. The molecule has 182 valence electrons. The van der Waals surface area contributed by atoms with Crippen molar-refractivity contribution in [1.82, 2.24) is 9.80 Å². The summed E-state index contributed by atoms with van der Waals surface area (Å²) in [5.41, 5.74) is 3.81. The van der Waals surface area contributed by atoms with Gasteiger partial charge in [0.1, 0.15) is 5.75 Å². The molecule has 1 aromatic carbocycles. The smallest absolute Gasteiger partial charge is 0.246 e. The van der Waals surface area contributed by atoms with E-state index in [1.54, 1.807) is 18.6 Å². The summed E-state index contributed by atoms with van der Waals surface area (Å²) >= 11 is 0. The Morgan fingerprint density at radius 3 is 2.94 bits per heavy atom. The Hall–Kier alpha value is -2.79. The van der Waals surface area contributed by atoms with Gasteiger partial charge in [0.2, 0.25) is 5.91 Å². The van der Waals surface area contributed by atoms with E-state index in [0.29, 0.717) is 17.7 Å². The van der Waals surface area contributed by atoms with Crippen molar-refractivity contribution in [2.45, 2.75) is 56.0 Å². The van der Waals surface area contributed by atoms with Crippen LogP contribution in [0.4, 0.5) is 0 Å². The molecule has 1 saturated heterocycles. The average molecular weight is 471 g/mol. The van der Waals surface area contributed by atoms with Gasteiger partial charge in [-0.2, -0.15) is 0 Å². The van der Waals surface area contributed by atoms with Crippen molar-refractivity contribution >= 4 is 12.0 Å². The van der Waals surface area contributed by atoms with Crippen molar-refractivity contribution in [3.63, 3.8) is 0 Å². The van der Waals surface area contributed by atoms with Crippen LogP contribution in [0.1, 0.15) is 48.8 Å². The Morgan fingerprint density at radius 2 is 2.14 bits per heavy atom. The molecule has 2 bridgehead atoms. The molecule has 1 spiro atoms. The van der Waals surface area contributed by atoms with Gasteiger partial charge in [-0.25, -0.2) is 0 Å². The van der Waals surface area contributed by atoms with Gasteiger partial charge in [0.05, 0.1) is 12.5 Å². The molecular weight excluding hydrogens is 436 g/mol. The van der Waals surface area contributed by atoms with Gasteiger partial charge < -0.3 is 14.4 Å². The fraction of sp³-hybridized carbons (Fsp3) is 0.500. The molecule has 7 rings (SSSR count). The van der Waals surface area contributed by atoms with Crippen LogP contribution in [0, 0.1) is 17.3 Å². The van der Waals surface area contributed by atoms with E-state index in [1.165, 1.54) is 30.5 Å².